The van der Waals surface area contributed by atoms with Gasteiger partial charge in [0.25, 0.3) is 0 Å². The van der Waals surface area contributed by atoms with E-state index in [0.717, 1.165) is 42.4 Å². The number of aliphatic hydroxyl groups is 1. The van der Waals surface area contributed by atoms with E-state index in [1.54, 1.807) is 5.57 Å². The van der Waals surface area contributed by atoms with Crippen molar-refractivity contribution in [3.8, 4) is 0 Å². The predicted octanol–water partition coefficient (Wildman–Crippen LogP) is 7.54. The van der Waals surface area contributed by atoms with Crippen molar-refractivity contribution in [2.75, 3.05) is 0 Å². The molecule has 0 aromatic rings. The normalized spacial score (nSPS) is 39.6. The van der Waals surface area contributed by atoms with E-state index < -0.39 is 10.4 Å². The molecule has 36 heavy (non-hydrogen) atoms. The Bertz CT molecular complexity index is 916. The van der Waals surface area contributed by atoms with Crippen molar-refractivity contribution >= 4 is 10.4 Å². The van der Waals surface area contributed by atoms with Gasteiger partial charge in [-0.05, 0) is 123 Å². The van der Waals surface area contributed by atoms with E-state index in [2.05, 4.69) is 54.2 Å². The third-order valence-corrected chi connectivity index (χ3v) is 11.2. The number of hydrogen-bond donors (Lipinski definition) is 3. The van der Waals surface area contributed by atoms with E-state index >= 15 is 0 Å². The number of rotatable bonds is 6. The molecule has 3 fully saturated rings. The Balaban J connectivity index is 0.000000658. The average Bonchev–Trinajstić information content (AvgIpc) is 3.10. The lowest BCUT2D eigenvalue weighted by atomic mass is 9.47. The number of aliphatic hydroxyl groups excluding tert-OH is 1. The predicted molar refractivity (Wildman–Crippen MR) is 147 cm³/mol. The quantitative estimate of drug-likeness (QED) is 0.246. The molecule has 4 rings (SSSR count). The zero-order chi connectivity index (χ0) is 27.1. The molecule has 9 atom stereocenters. The highest BCUT2D eigenvalue weighted by Crippen LogP contribution is 2.67. The second-order valence-corrected chi connectivity index (χ2v) is 14.5. The summed E-state index contributed by atoms with van der Waals surface area (Å²) in [6.45, 7) is 19.1. The van der Waals surface area contributed by atoms with Crippen LogP contribution in [0.2, 0.25) is 0 Å². The summed E-state index contributed by atoms with van der Waals surface area (Å²) in [5.74, 6) is 5.81. The van der Waals surface area contributed by atoms with E-state index in [0.29, 0.717) is 22.7 Å². The van der Waals surface area contributed by atoms with Gasteiger partial charge in [0, 0.05) is 0 Å². The van der Waals surface area contributed by atoms with E-state index in [4.69, 9.17) is 17.5 Å². The first-order chi connectivity index (χ1) is 16.6. The van der Waals surface area contributed by atoms with Gasteiger partial charge in [0.2, 0.25) is 0 Å². The Morgan fingerprint density at radius 3 is 2.28 bits per heavy atom. The monoisotopic (exact) mass is 524 g/mol. The summed E-state index contributed by atoms with van der Waals surface area (Å²) in [6, 6.07) is 0. The van der Waals surface area contributed by atoms with Crippen molar-refractivity contribution in [2.24, 2.45) is 52.3 Å². The Morgan fingerprint density at radius 2 is 1.69 bits per heavy atom. The van der Waals surface area contributed by atoms with Crippen molar-refractivity contribution in [1.29, 1.82) is 0 Å². The van der Waals surface area contributed by atoms with Crippen LogP contribution in [-0.4, -0.2) is 28.7 Å². The molecule has 3 saturated carbocycles. The van der Waals surface area contributed by atoms with Gasteiger partial charge in [0.15, 0.2) is 0 Å². The zero-order valence-corrected chi connectivity index (χ0v) is 24.4. The highest BCUT2D eigenvalue weighted by molar-refractivity contribution is 7.79. The fraction of sp³-hybridized carbons (Fsp3) is 0.867. The van der Waals surface area contributed by atoms with Gasteiger partial charge in [0.1, 0.15) is 0 Å². The molecule has 4 aliphatic rings. The highest BCUT2D eigenvalue weighted by Gasteiger charge is 2.59. The minimum absolute atomic E-state index is 0.0877. The van der Waals surface area contributed by atoms with E-state index in [1.807, 2.05) is 0 Å². The molecule has 0 amide bonds. The maximum absolute atomic E-state index is 10.3. The molecule has 208 valence electrons. The second kappa shape index (κ2) is 11.2. The lowest BCUT2D eigenvalue weighted by Crippen LogP contribution is -2.50. The fourth-order valence-electron chi connectivity index (χ4n) is 9.41. The van der Waals surface area contributed by atoms with Gasteiger partial charge in [-0.25, -0.2) is 0 Å². The van der Waals surface area contributed by atoms with Crippen LogP contribution in [0.3, 0.4) is 0 Å². The van der Waals surface area contributed by atoms with Gasteiger partial charge in [-0.3, -0.25) is 9.11 Å². The standard InChI is InChI=1S/C30H50O.H2O4S/c1-19(2)24(20(3)4)10-8-21(5)26-12-13-27-25-11-9-22-18-23(31)14-16-29(22,6)28(25)15-17-30(26,27)7;1-5(2,3)4/h9,20-21,23-28,31H,1,8,10-18H2,2-7H3;(H2,1,2,3,4)/t21-,23+,24?,25+,26-,27+,28+,29+,30-;/m1./s1. The summed E-state index contributed by atoms with van der Waals surface area (Å²) in [5, 5.41) is 10.3. The number of hydrogen-bond acceptors (Lipinski definition) is 3. The van der Waals surface area contributed by atoms with Crippen LogP contribution >= 0.6 is 0 Å². The molecule has 0 aromatic heterocycles. The first kappa shape index (κ1) is 29.9. The van der Waals surface area contributed by atoms with Gasteiger partial charge in [-0.1, -0.05) is 58.4 Å². The van der Waals surface area contributed by atoms with Crippen molar-refractivity contribution in [2.45, 2.75) is 112 Å². The summed E-state index contributed by atoms with van der Waals surface area (Å²) in [6.07, 6.45) is 15.4. The molecular formula is C30H52O5S. The first-order valence-electron chi connectivity index (χ1n) is 14.3. The summed E-state index contributed by atoms with van der Waals surface area (Å²) < 4.78 is 31.6. The van der Waals surface area contributed by atoms with Crippen LogP contribution in [0.5, 0.6) is 0 Å². The molecule has 0 heterocycles. The Morgan fingerprint density at radius 1 is 1.06 bits per heavy atom. The molecular weight excluding hydrogens is 472 g/mol. The van der Waals surface area contributed by atoms with Crippen LogP contribution in [0.25, 0.3) is 0 Å². The zero-order valence-electron chi connectivity index (χ0n) is 23.5. The number of fused-ring (bicyclic) bond motifs is 5. The van der Waals surface area contributed by atoms with Gasteiger partial charge < -0.3 is 5.11 Å². The maximum atomic E-state index is 10.3. The van der Waals surface area contributed by atoms with Gasteiger partial charge in [-0.2, -0.15) is 8.42 Å². The molecule has 1 unspecified atom stereocenters. The van der Waals surface area contributed by atoms with Crippen molar-refractivity contribution in [3.63, 3.8) is 0 Å². The molecule has 3 N–H and O–H groups in total. The van der Waals surface area contributed by atoms with Crippen LogP contribution in [0.1, 0.15) is 106 Å². The van der Waals surface area contributed by atoms with Crippen LogP contribution < -0.4 is 0 Å². The smallest absolute Gasteiger partial charge is 0.393 e. The van der Waals surface area contributed by atoms with Crippen LogP contribution in [0.15, 0.2) is 23.8 Å². The summed E-state index contributed by atoms with van der Waals surface area (Å²) >= 11 is 0. The van der Waals surface area contributed by atoms with Gasteiger partial charge >= 0.3 is 10.4 Å². The van der Waals surface area contributed by atoms with Crippen LogP contribution in [0.4, 0.5) is 0 Å². The Labute approximate surface area is 220 Å². The third kappa shape index (κ3) is 6.30. The summed E-state index contributed by atoms with van der Waals surface area (Å²) in [5.41, 5.74) is 3.92. The highest BCUT2D eigenvalue weighted by atomic mass is 32.3. The minimum Gasteiger partial charge on any atom is -0.393 e. The molecule has 0 radical (unpaired) electrons. The van der Waals surface area contributed by atoms with E-state index in [-0.39, 0.29) is 6.10 Å². The van der Waals surface area contributed by atoms with Crippen molar-refractivity contribution < 1.29 is 22.6 Å². The second-order valence-electron chi connectivity index (χ2n) is 13.6. The molecule has 0 aliphatic heterocycles. The summed E-state index contributed by atoms with van der Waals surface area (Å²) in [7, 11) is -4.67. The first-order valence-corrected chi connectivity index (χ1v) is 15.7. The molecule has 0 bridgehead atoms. The van der Waals surface area contributed by atoms with Crippen molar-refractivity contribution in [3.05, 3.63) is 23.8 Å². The van der Waals surface area contributed by atoms with Gasteiger partial charge in [0.05, 0.1) is 6.10 Å². The average molecular weight is 525 g/mol. The largest absolute Gasteiger partial charge is 0.394 e. The van der Waals surface area contributed by atoms with E-state index in [1.165, 1.54) is 56.9 Å². The topological polar surface area (TPSA) is 94.8 Å². The lowest BCUT2D eigenvalue weighted by molar-refractivity contribution is -0.0574. The molecule has 5 nitrogen and oxygen atoms in total. The Hall–Kier alpha value is -0.690. The Kier molecular flexibility index (Phi) is 9.29. The van der Waals surface area contributed by atoms with E-state index in [9.17, 15) is 5.11 Å². The molecule has 0 aromatic carbocycles. The van der Waals surface area contributed by atoms with Crippen LogP contribution in [0, 0.1) is 52.3 Å². The van der Waals surface area contributed by atoms with Crippen molar-refractivity contribution in [1.82, 2.24) is 0 Å². The molecule has 6 heteroatoms. The maximum Gasteiger partial charge on any atom is 0.394 e. The molecule has 0 spiro atoms. The molecule has 4 aliphatic carbocycles. The van der Waals surface area contributed by atoms with Crippen LogP contribution in [-0.2, 0) is 10.4 Å². The lowest BCUT2D eigenvalue weighted by Gasteiger charge is -2.58. The fourth-order valence-corrected chi connectivity index (χ4v) is 9.41. The molecule has 0 saturated heterocycles. The minimum atomic E-state index is -4.67. The SMILES string of the molecule is C=C(C)C(CC[C@@H](C)[C@H]1CC[C@H]2[C@@H]3CC=C4C[C@@H](O)CC[C@]4(C)[C@H]3CC[C@]12C)C(C)C.O=S(=O)(O)O. The number of allylic oxidation sites excluding steroid dienone is 2. The third-order valence-electron chi connectivity index (χ3n) is 11.2. The van der Waals surface area contributed by atoms with Gasteiger partial charge in [-0.15, -0.1) is 0 Å². The summed E-state index contributed by atoms with van der Waals surface area (Å²) in [4.78, 5) is 0.